The van der Waals surface area contributed by atoms with Crippen molar-refractivity contribution in [3.8, 4) is 5.88 Å². The van der Waals surface area contributed by atoms with Crippen LogP contribution in [0.25, 0.3) is 10.2 Å². The van der Waals surface area contributed by atoms with Gasteiger partial charge in [-0.25, -0.2) is 18.4 Å². The van der Waals surface area contributed by atoms with Crippen molar-refractivity contribution >= 4 is 37.5 Å². The van der Waals surface area contributed by atoms with Crippen molar-refractivity contribution in [3.63, 3.8) is 0 Å². The summed E-state index contributed by atoms with van der Waals surface area (Å²) < 4.78 is 32.9. The lowest BCUT2D eigenvalue weighted by atomic mass is 9.89. The average molecular weight is 487 g/mol. The number of benzene rings is 1. The van der Waals surface area contributed by atoms with E-state index in [0.29, 0.717) is 24.9 Å². The minimum Gasteiger partial charge on any atom is -0.467 e. The van der Waals surface area contributed by atoms with Crippen molar-refractivity contribution in [2.24, 2.45) is 5.92 Å². The second kappa shape index (κ2) is 9.00. The van der Waals surface area contributed by atoms with E-state index in [1.165, 1.54) is 21.1 Å². The van der Waals surface area contributed by atoms with Crippen LogP contribution in [-0.2, 0) is 27.7 Å². The number of fused-ring (bicyclic) bond motifs is 3. The number of sulfonamides is 1. The molecule has 0 unspecified atom stereocenters. The first-order valence-corrected chi connectivity index (χ1v) is 13.4. The fourth-order valence-electron chi connectivity index (χ4n) is 4.50. The lowest BCUT2D eigenvalue weighted by molar-refractivity contribution is -0.134. The van der Waals surface area contributed by atoms with Gasteiger partial charge >= 0.3 is 0 Å². The van der Waals surface area contributed by atoms with Crippen LogP contribution in [0, 0.1) is 5.92 Å². The number of piperazine rings is 1. The maximum Gasteiger partial charge on any atom is 0.260 e. The summed E-state index contributed by atoms with van der Waals surface area (Å²) >= 11 is 1.69. The number of aryl methyl sites for hydroxylation is 1. The Morgan fingerprint density at radius 2 is 1.91 bits per heavy atom. The van der Waals surface area contributed by atoms with Gasteiger partial charge in [0.2, 0.25) is 15.9 Å². The number of nitrogens with zero attached hydrogens (tertiary/aromatic N) is 4. The lowest BCUT2D eigenvalue weighted by Gasteiger charge is -2.33. The zero-order valence-electron chi connectivity index (χ0n) is 18.4. The van der Waals surface area contributed by atoms with Crippen LogP contribution in [0.4, 0.5) is 0 Å². The molecule has 33 heavy (non-hydrogen) atoms. The molecule has 1 aromatic carbocycles. The Morgan fingerprint density at radius 1 is 1.15 bits per heavy atom. The predicted molar refractivity (Wildman–Crippen MR) is 126 cm³/mol. The van der Waals surface area contributed by atoms with Crippen molar-refractivity contribution in [1.29, 1.82) is 0 Å². The standard InChI is InChI=1S/C23H26N4O4S2/c1-16-7-8-18-19(13-16)32-23-21(18)22(24-15-25-23)31-14-20(28)26-9-11-27(12-10-26)33(29,30)17-5-3-2-4-6-17/h2-6,15-16H,7-14H2,1H3/t16-/m1/s1. The second-order valence-electron chi connectivity index (χ2n) is 8.60. The lowest BCUT2D eigenvalue weighted by Crippen LogP contribution is -2.51. The van der Waals surface area contributed by atoms with E-state index in [1.54, 1.807) is 46.6 Å². The smallest absolute Gasteiger partial charge is 0.260 e. The van der Waals surface area contributed by atoms with Crippen LogP contribution in [0.1, 0.15) is 23.8 Å². The molecule has 1 aliphatic carbocycles. The van der Waals surface area contributed by atoms with Gasteiger partial charge in [-0.2, -0.15) is 4.31 Å². The molecule has 1 saturated heterocycles. The zero-order chi connectivity index (χ0) is 23.0. The number of thiophene rings is 1. The van der Waals surface area contributed by atoms with Gasteiger partial charge in [-0.3, -0.25) is 4.79 Å². The van der Waals surface area contributed by atoms with Gasteiger partial charge in [-0.1, -0.05) is 25.1 Å². The van der Waals surface area contributed by atoms with Crippen LogP contribution in [0.2, 0.25) is 0 Å². The highest BCUT2D eigenvalue weighted by atomic mass is 32.2. The SMILES string of the molecule is C[C@@H]1CCc2c(sc3ncnc(OCC(=O)N4CCN(S(=O)(=O)c5ccccc5)CC4)c23)C1. The molecule has 3 aromatic rings. The minimum atomic E-state index is -3.55. The summed E-state index contributed by atoms with van der Waals surface area (Å²) in [7, 11) is -3.55. The summed E-state index contributed by atoms with van der Waals surface area (Å²) in [5, 5.41) is 0.941. The van der Waals surface area contributed by atoms with Crippen LogP contribution in [0.15, 0.2) is 41.6 Å². The largest absolute Gasteiger partial charge is 0.467 e. The van der Waals surface area contributed by atoms with Crippen molar-refractivity contribution in [3.05, 3.63) is 47.1 Å². The maximum absolute atomic E-state index is 12.8. The summed E-state index contributed by atoms with van der Waals surface area (Å²) in [6, 6.07) is 8.38. The summed E-state index contributed by atoms with van der Waals surface area (Å²) in [6.45, 7) is 3.32. The third kappa shape index (κ3) is 4.34. The number of rotatable bonds is 5. The van der Waals surface area contributed by atoms with Crippen LogP contribution in [0.3, 0.4) is 0 Å². The second-order valence-corrected chi connectivity index (χ2v) is 11.6. The Hall–Kier alpha value is -2.56. The number of hydrogen-bond donors (Lipinski definition) is 0. The summed E-state index contributed by atoms with van der Waals surface area (Å²) in [6.07, 6.45) is 4.64. The van der Waals surface area contributed by atoms with E-state index in [0.717, 1.165) is 29.5 Å². The number of carbonyl (C=O) groups excluding carboxylic acids is 1. The van der Waals surface area contributed by atoms with E-state index in [-0.39, 0.29) is 30.5 Å². The maximum atomic E-state index is 12.8. The molecular formula is C23H26N4O4S2. The van der Waals surface area contributed by atoms with E-state index in [4.69, 9.17) is 4.74 Å². The molecular weight excluding hydrogens is 460 g/mol. The molecule has 0 N–H and O–H groups in total. The van der Waals surface area contributed by atoms with Gasteiger partial charge in [-0.05, 0) is 42.9 Å². The summed E-state index contributed by atoms with van der Waals surface area (Å²) in [4.78, 5) is 25.7. The van der Waals surface area contributed by atoms with Crippen LogP contribution < -0.4 is 4.74 Å². The molecule has 0 radical (unpaired) electrons. The first-order valence-electron chi connectivity index (χ1n) is 11.1. The normalized spacial score (nSPS) is 19.4. The monoisotopic (exact) mass is 486 g/mol. The molecule has 2 aliphatic rings. The molecule has 1 atom stereocenters. The van der Waals surface area contributed by atoms with E-state index >= 15 is 0 Å². The summed E-state index contributed by atoms with van der Waals surface area (Å²) in [5.41, 5.74) is 1.26. The first-order chi connectivity index (χ1) is 15.9. The third-order valence-corrected chi connectivity index (χ3v) is 9.44. The average Bonchev–Trinajstić information content (AvgIpc) is 3.21. The van der Waals surface area contributed by atoms with E-state index in [1.807, 2.05) is 0 Å². The molecule has 0 saturated carbocycles. The molecule has 2 aromatic heterocycles. The number of hydrogen-bond acceptors (Lipinski definition) is 7. The highest BCUT2D eigenvalue weighted by Gasteiger charge is 2.30. The molecule has 174 valence electrons. The Morgan fingerprint density at radius 3 is 2.67 bits per heavy atom. The Balaban J connectivity index is 1.23. The molecule has 0 spiro atoms. The third-order valence-electron chi connectivity index (χ3n) is 6.36. The van der Waals surface area contributed by atoms with Crippen molar-refractivity contribution in [1.82, 2.24) is 19.2 Å². The van der Waals surface area contributed by atoms with Gasteiger partial charge in [0.1, 0.15) is 11.2 Å². The van der Waals surface area contributed by atoms with Gasteiger partial charge in [-0.15, -0.1) is 11.3 Å². The molecule has 5 rings (SSSR count). The van der Waals surface area contributed by atoms with Gasteiger partial charge in [0, 0.05) is 31.1 Å². The van der Waals surface area contributed by atoms with Gasteiger partial charge in [0.15, 0.2) is 6.61 Å². The quantitative estimate of drug-likeness (QED) is 0.551. The minimum absolute atomic E-state index is 0.126. The van der Waals surface area contributed by atoms with E-state index in [9.17, 15) is 13.2 Å². The van der Waals surface area contributed by atoms with Gasteiger partial charge in [0.05, 0.1) is 10.3 Å². The Kier molecular flexibility index (Phi) is 6.07. The highest BCUT2D eigenvalue weighted by Crippen LogP contribution is 2.40. The number of carbonyl (C=O) groups is 1. The molecule has 8 nitrogen and oxygen atoms in total. The molecule has 10 heteroatoms. The van der Waals surface area contributed by atoms with E-state index in [2.05, 4.69) is 16.9 Å². The summed E-state index contributed by atoms with van der Waals surface area (Å²) in [5.74, 6) is 0.954. The molecule has 1 amide bonds. The van der Waals surface area contributed by atoms with Crippen molar-refractivity contribution in [2.45, 2.75) is 31.1 Å². The molecule has 0 bridgehead atoms. The van der Waals surface area contributed by atoms with Crippen LogP contribution >= 0.6 is 11.3 Å². The number of aromatic nitrogens is 2. The van der Waals surface area contributed by atoms with E-state index < -0.39 is 10.0 Å². The Bertz CT molecular complexity index is 1270. The number of amides is 1. The van der Waals surface area contributed by atoms with Gasteiger partial charge < -0.3 is 9.64 Å². The highest BCUT2D eigenvalue weighted by molar-refractivity contribution is 7.89. The fraction of sp³-hybridized carbons (Fsp3) is 0.435. The van der Waals surface area contributed by atoms with Crippen LogP contribution in [0.5, 0.6) is 5.88 Å². The zero-order valence-corrected chi connectivity index (χ0v) is 20.1. The first kappa shape index (κ1) is 22.2. The fourth-order valence-corrected chi connectivity index (χ4v) is 7.28. The molecule has 1 fully saturated rings. The predicted octanol–water partition coefficient (Wildman–Crippen LogP) is 2.73. The van der Waals surface area contributed by atoms with Crippen molar-refractivity contribution in [2.75, 3.05) is 32.8 Å². The Labute approximate surface area is 197 Å². The molecule has 3 heterocycles. The topological polar surface area (TPSA) is 92.7 Å². The van der Waals surface area contributed by atoms with Gasteiger partial charge in [0.25, 0.3) is 5.91 Å². The number of ether oxygens (including phenoxy) is 1. The van der Waals surface area contributed by atoms with Crippen LogP contribution in [-0.4, -0.2) is 66.3 Å². The molecule has 1 aliphatic heterocycles. The van der Waals surface area contributed by atoms with Crippen molar-refractivity contribution < 1.29 is 17.9 Å².